The van der Waals surface area contributed by atoms with Crippen LogP contribution < -0.4 is 10.5 Å². The van der Waals surface area contributed by atoms with Crippen molar-refractivity contribution in [2.24, 2.45) is 10.9 Å². The van der Waals surface area contributed by atoms with Gasteiger partial charge in [-0.2, -0.15) is 0 Å². The average molecular weight is 243 g/mol. The summed E-state index contributed by atoms with van der Waals surface area (Å²) >= 11 is 5.99. The zero-order valence-corrected chi connectivity index (χ0v) is 9.87. The highest BCUT2D eigenvalue weighted by Gasteiger charge is 2.05. The number of amidine groups is 1. The van der Waals surface area contributed by atoms with E-state index in [2.05, 4.69) is 12.1 Å². The van der Waals surface area contributed by atoms with Gasteiger partial charge in [-0.05, 0) is 24.6 Å². The van der Waals surface area contributed by atoms with E-state index in [0.29, 0.717) is 22.9 Å². The minimum Gasteiger partial charge on any atom is -0.492 e. The lowest BCUT2D eigenvalue weighted by Gasteiger charge is -2.08. The monoisotopic (exact) mass is 242 g/mol. The van der Waals surface area contributed by atoms with Crippen LogP contribution in [0.2, 0.25) is 5.02 Å². The molecule has 0 heterocycles. The molecule has 0 saturated carbocycles. The normalized spacial score (nSPS) is 11.5. The summed E-state index contributed by atoms with van der Waals surface area (Å²) in [5.41, 5.74) is 6.00. The maximum Gasteiger partial charge on any atom is 0.170 e. The second-order valence-corrected chi connectivity index (χ2v) is 3.74. The van der Waals surface area contributed by atoms with Gasteiger partial charge in [-0.3, -0.25) is 0 Å². The molecule has 0 bridgehead atoms. The minimum atomic E-state index is 0.0296. The summed E-state index contributed by atoms with van der Waals surface area (Å²) in [6.07, 6.45) is 2.05. The zero-order chi connectivity index (χ0) is 12.0. The lowest BCUT2D eigenvalue weighted by molar-refractivity contribution is 0.309. The number of nitrogens with two attached hydrogens (primary N) is 1. The molecule has 1 rings (SSSR count). The predicted molar refractivity (Wildman–Crippen MR) is 64.4 cm³/mol. The molecule has 0 aromatic heterocycles. The fraction of sp³-hybridized carbons (Fsp3) is 0.364. The molecule has 1 aromatic rings. The van der Waals surface area contributed by atoms with Crippen molar-refractivity contribution >= 4 is 17.4 Å². The SMILES string of the molecule is CCCCOc1ccc(C(N)=NO)cc1Cl. The third kappa shape index (κ3) is 3.31. The van der Waals surface area contributed by atoms with Crippen LogP contribution in [0.15, 0.2) is 23.4 Å². The third-order valence-corrected chi connectivity index (χ3v) is 2.39. The molecule has 0 unspecified atom stereocenters. The van der Waals surface area contributed by atoms with Crippen LogP contribution in [-0.4, -0.2) is 17.6 Å². The first kappa shape index (κ1) is 12.6. The van der Waals surface area contributed by atoms with Crippen molar-refractivity contribution in [2.75, 3.05) is 6.61 Å². The van der Waals surface area contributed by atoms with Gasteiger partial charge in [0.25, 0.3) is 0 Å². The van der Waals surface area contributed by atoms with Crippen LogP contribution in [0, 0.1) is 0 Å². The summed E-state index contributed by atoms with van der Waals surface area (Å²) in [7, 11) is 0. The maximum absolute atomic E-state index is 8.51. The highest BCUT2D eigenvalue weighted by atomic mass is 35.5. The molecular formula is C11H15ClN2O2. The van der Waals surface area contributed by atoms with E-state index >= 15 is 0 Å². The van der Waals surface area contributed by atoms with Crippen LogP contribution in [0.4, 0.5) is 0 Å². The Morgan fingerprint density at radius 3 is 2.88 bits per heavy atom. The predicted octanol–water partition coefficient (Wildman–Crippen LogP) is 2.61. The first-order valence-corrected chi connectivity index (χ1v) is 5.47. The number of hydrogen-bond donors (Lipinski definition) is 2. The van der Waals surface area contributed by atoms with Crippen LogP contribution in [0.1, 0.15) is 25.3 Å². The molecule has 1 aromatic carbocycles. The van der Waals surface area contributed by atoms with Crippen LogP contribution >= 0.6 is 11.6 Å². The number of halogens is 1. The smallest absolute Gasteiger partial charge is 0.170 e. The van der Waals surface area contributed by atoms with Gasteiger partial charge in [-0.15, -0.1) is 0 Å². The fourth-order valence-corrected chi connectivity index (χ4v) is 1.40. The van der Waals surface area contributed by atoms with E-state index in [1.807, 2.05) is 0 Å². The molecule has 0 aliphatic heterocycles. The van der Waals surface area contributed by atoms with Crippen molar-refractivity contribution in [3.8, 4) is 5.75 Å². The molecule has 0 amide bonds. The molecule has 4 nitrogen and oxygen atoms in total. The van der Waals surface area contributed by atoms with Gasteiger partial charge >= 0.3 is 0 Å². The van der Waals surface area contributed by atoms with Crippen molar-refractivity contribution in [3.05, 3.63) is 28.8 Å². The Labute approximate surface area is 99.7 Å². The molecular weight excluding hydrogens is 228 g/mol. The Morgan fingerprint density at radius 2 is 2.31 bits per heavy atom. The van der Waals surface area contributed by atoms with E-state index in [1.54, 1.807) is 18.2 Å². The molecule has 0 aliphatic rings. The second-order valence-electron chi connectivity index (χ2n) is 3.33. The van der Waals surface area contributed by atoms with Crippen LogP contribution in [-0.2, 0) is 0 Å². The summed E-state index contributed by atoms with van der Waals surface area (Å²) < 4.78 is 5.47. The number of ether oxygens (including phenoxy) is 1. The highest BCUT2D eigenvalue weighted by molar-refractivity contribution is 6.32. The Bertz CT molecular complexity index is 380. The van der Waals surface area contributed by atoms with E-state index in [-0.39, 0.29) is 5.84 Å². The van der Waals surface area contributed by atoms with Crippen LogP contribution in [0.5, 0.6) is 5.75 Å². The molecule has 0 atom stereocenters. The minimum absolute atomic E-state index is 0.0296. The molecule has 0 fully saturated rings. The largest absolute Gasteiger partial charge is 0.492 e. The molecule has 0 saturated heterocycles. The van der Waals surface area contributed by atoms with E-state index < -0.39 is 0 Å². The van der Waals surface area contributed by atoms with E-state index in [4.69, 9.17) is 27.3 Å². The standard InChI is InChI=1S/C11H15ClN2O2/c1-2-3-6-16-10-5-4-8(7-9(10)12)11(13)14-15/h4-5,7,15H,2-3,6H2,1H3,(H2,13,14). The lowest BCUT2D eigenvalue weighted by Crippen LogP contribution is -2.12. The quantitative estimate of drug-likeness (QED) is 0.274. The number of oxime groups is 1. The summed E-state index contributed by atoms with van der Waals surface area (Å²) in [5.74, 6) is 0.645. The van der Waals surface area contributed by atoms with Crippen molar-refractivity contribution in [3.63, 3.8) is 0 Å². The zero-order valence-electron chi connectivity index (χ0n) is 9.11. The second kappa shape index (κ2) is 6.23. The Morgan fingerprint density at radius 1 is 1.56 bits per heavy atom. The van der Waals surface area contributed by atoms with Crippen LogP contribution in [0.3, 0.4) is 0 Å². The molecule has 5 heteroatoms. The van der Waals surface area contributed by atoms with Gasteiger partial charge in [0.05, 0.1) is 11.6 Å². The Hall–Kier alpha value is -1.42. The van der Waals surface area contributed by atoms with E-state index in [0.717, 1.165) is 12.8 Å². The third-order valence-electron chi connectivity index (χ3n) is 2.09. The summed E-state index contributed by atoms with van der Waals surface area (Å²) in [5, 5.41) is 11.9. The summed E-state index contributed by atoms with van der Waals surface area (Å²) in [6, 6.07) is 5.02. The van der Waals surface area contributed by atoms with Gasteiger partial charge in [0.2, 0.25) is 0 Å². The molecule has 16 heavy (non-hydrogen) atoms. The Kier molecular flexibility index (Phi) is 4.92. The van der Waals surface area contributed by atoms with E-state index in [9.17, 15) is 0 Å². The van der Waals surface area contributed by atoms with Gasteiger partial charge in [0, 0.05) is 5.56 Å². The first-order valence-electron chi connectivity index (χ1n) is 5.09. The lowest BCUT2D eigenvalue weighted by atomic mass is 10.2. The number of rotatable bonds is 5. The summed E-state index contributed by atoms with van der Waals surface area (Å²) in [4.78, 5) is 0. The molecule has 0 spiro atoms. The number of unbranched alkanes of at least 4 members (excludes halogenated alkanes) is 1. The van der Waals surface area contributed by atoms with Crippen molar-refractivity contribution in [1.82, 2.24) is 0 Å². The van der Waals surface area contributed by atoms with Gasteiger partial charge < -0.3 is 15.7 Å². The summed E-state index contributed by atoms with van der Waals surface area (Å²) in [6.45, 7) is 2.73. The van der Waals surface area contributed by atoms with Gasteiger partial charge in [-0.1, -0.05) is 30.1 Å². The molecule has 0 aliphatic carbocycles. The number of hydrogen-bond acceptors (Lipinski definition) is 3. The maximum atomic E-state index is 8.51. The molecule has 88 valence electrons. The fourth-order valence-electron chi connectivity index (χ4n) is 1.16. The molecule has 3 N–H and O–H groups in total. The van der Waals surface area contributed by atoms with Crippen molar-refractivity contribution in [1.29, 1.82) is 0 Å². The van der Waals surface area contributed by atoms with Crippen molar-refractivity contribution < 1.29 is 9.94 Å². The molecule has 0 radical (unpaired) electrons. The highest BCUT2D eigenvalue weighted by Crippen LogP contribution is 2.25. The van der Waals surface area contributed by atoms with E-state index in [1.165, 1.54) is 0 Å². The topological polar surface area (TPSA) is 67.8 Å². The van der Waals surface area contributed by atoms with Gasteiger partial charge in [-0.25, -0.2) is 0 Å². The Balaban J connectivity index is 2.75. The average Bonchev–Trinajstić information content (AvgIpc) is 2.30. The van der Waals surface area contributed by atoms with Gasteiger partial charge in [0.15, 0.2) is 5.84 Å². The van der Waals surface area contributed by atoms with Gasteiger partial charge in [0.1, 0.15) is 5.75 Å². The first-order chi connectivity index (χ1) is 7.69. The number of nitrogens with zero attached hydrogens (tertiary/aromatic N) is 1. The van der Waals surface area contributed by atoms with Crippen molar-refractivity contribution in [2.45, 2.75) is 19.8 Å². The number of benzene rings is 1. The van der Waals surface area contributed by atoms with Crippen LogP contribution in [0.25, 0.3) is 0 Å².